The molecule has 5 nitrogen and oxygen atoms in total. The second-order valence-corrected chi connectivity index (χ2v) is 6.42. The number of nitrogens with zero attached hydrogens (tertiary/aromatic N) is 2. The van der Waals surface area contributed by atoms with E-state index in [1.54, 1.807) is 18.4 Å². The quantitative estimate of drug-likeness (QED) is 0.569. The molecule has 0 fully saturated rings. The molecule has 0 aliphatic rings. The maximum Gasteiger partial charge on any atom is 0.256 e. The van der Waals surface area contributed by atoms with Gasteiger partial charge in [0.1, 0.15) is 5.69 Å². The van der Waals surface area contributed by atoms with E-state index in [0.29, 0.717) is 17.0 Å². The van der Waals surface area contributed by atoms with Gasteiger partial charge in [0.2, 0.25) is 0 Å². The third-order valence-electron chi connectivity index (χ3n) is 4.37. The summed E-state index contributed by atoms with van der Waals surface area (Å²) in [6.07, 6.45) is 1.60. The highest BCUT2D eigenvalue weighted by atomic mass is 16.3. The van der Waals surface area contributed by atoms with E-state index >= 15 is 0 Å². The molecule has 1 amide bonds. The first-order chi connectivity index (χ1) is 13.1. The Hall–Kier alpha value is -3.60. The second kappa shape index (κ2) is 6.96. The molecule has 5 heteroatoms. The lowest BCUT2D eigenvalue weighted by atomic mass is 10.1. The van der Waals surface area contributed by atoms with Crippen LogP contribution in [0.1, 0.15) is 10.4 Å². The Kier molecular flexibility index (Phi) is 4.34. The molecule has 4 aromatic rings. The van der Waals surface area contributed by atoms with Gasteiger partial charge in [0, 0.05) is 19.5 Å². The molecule has 2 heterocycles. The molecular weight excluding hydrogens is 338 g/mol. The number of carbonyl (C=O) groups is 1. The average Bonchev–Trinajstić information content (AvgIpc) is 3.22. The smallest absolute Gasteiger partial charge is 0.256 e. The Morgan fingerprint density at radius 1 is 1.00 bits per heavy atom. The van der Waals surface area contributed by atoms with Crippen LogP contribution in [0.3, 0.4) is 0 Å². The summed E-state index contributed by atoms with van der Waals surface area (Å²) in [5.74, 6) is 0.444. The molecule has 134 valence electrons. The number of hydrogen-bond donors (Lipinski definition) is 1. The number of aromatic nitrogens is 1. The van der Waals surface area contributed by atoms with E-state index in [0.717, 1.165) is 22.3 Å². The van der Waals surface area contributed by atoms with E-state index in [2.05, 4.69) is 10.3 Å². The van der Waals surface area contributed by atoms with Crippen molar-refractivity contribution in [3.05, 3.63) is 78.6 Å². The number of furan rings is 1. The van der Waals surface area contributed by atoms with Crippen LogP contribution in [0.25, 0.3) is 22.4 Å². The molecule has 0 bridgehead atoms. The molecule has 0 radical (unpaired) electrons. The number of benzene rings is 2. The monoisotopic (exact) mass is 357 g/mol. The normalized spacial score (nSPS) is 10.7. The fourth-order valence-corrected chi connectivity index (χ4v) is 3.07. The van der Waals surface area contributed by atoms with Crippen LogP contribution < -0.4 is 10.2 Å². The topological polar surface area (TPSA) is 58.4 Å². The van der Waals surface area contributed by atoms with Crippen LogP contribution >= 0.6 is 0 Å². The Balaban J connectivity index is 1.80. The minimum Gasteiger partial charge on any atom is -0.463 e. The molecule has 2 aromatic carbocycles. The zero-order valence-corrected chi connectivity index (χ0v) is 15.1. The van der Waals surface area contributed by atoms with Gasteiger partial charge in [-0.3, -0.25) is 4.79 Å². The molecule has 0 spiro atoms. The zero-order valence-electron chi connectivity index (χ0n) is 15.1. The molecule has 0 aliphatic heterocycles. The first kappa shape index (κ1) is 16.8. The number of anilines is 2. The van der Waals surface area contributed by atoms with Gasteiger partial charge in [0.25, 0.3) is 5.91 Å². The van der Waals surface area contributed by atoms with Gasteiger partial charge < -0.3 is 14.6 Å². The van der Waals surface area contributed by atoms with Gasteiger partial charge in [0.05, 0.1) is 28.7 Å². The maximum absolute atomic E-state index is 13.1. The van der Waals surface area contributed by atoms with Crippen molar-refractivity contribution in [3.63, 3.8) is 0 Å². The van der Waals surface area contributed by atoms with Gasteiger partial charge in [-0.25, -0.2) is 4.98 Å². The molecule has 4 rings (SSSR count). The maximum atomic E-state index is 13.1. The van der Waals surface area contributed by atoms with E-state index in [-0.39, 0.29) is 5.91 Å². The second-order valence-electron chi connectivity index (χ2n) is 6.42. The van der Waals surface area contributed by atoms with Crippen LogP contribution in [0.15, 0.2) is 77.4 Å². The van der Waals surface area contributed by atoms with Gasteiger partial charge in [-0.2, -0.15) is 0 Å². The van der Waals surface area contributed by atoms with Crippen molar-refractivity contribution in [2.45, 2.75) is 0 Å². The van der Waals surface area contributed by atoms with E-state index in [1.807, 2.05) is 73.6 Å². The predicted molar refractivity (Wildman–Crippen MR) is 108 cm³/mol. The van der Waals surface area contributed by atoms with Gasteiger partial charge >= 0.3 is 0 Å². The molecular formula is C22H19N3O2. The molecule has 2 aromatic heterocycles. The highest BCUT2D eigenvalue weighted by molar-refractivity contribution is 6.13. The van der Waals surface area contributed by atoms with Crippen molar-refractivity contribution in [1.82, 2.24) is 4.98 Å². The molecule has 0 unspecified atom stereocenters. The zero-order chi connectivity index (χ0) is 18.8. The molecule has 0 saturated heterocycles. The highest BCUT2D eigenvalue weighted by Gasteiger charge is 2.16. The van der Waals surface area contributed by atoms with E-state index < -0.39 is 0 Å². The van der Waals surface area contributed by atoms with E-state index in [9.17, 15) is 4.79 Å². The summed E-state index contributed by atoms with van der Waals surface area (Å²) >= 11 is 0. The molecule has 27 heavy (non-hydrogen) atoms. The average molecular weight is 357 g/mol. The van der Waals surface area contributed by atoms with Crippen molar-refractivity contribution >= 4 is 28.2 Å². The van der Waals surface area contributed by atoms with Crippen LogP contribution in [0.2, 0.25) is 0 Å². The SMILES string of the molecule is CN(C)c1ccccc1NC(=O)c1cc(-c2ccco2)nc2ccccc12. The first-order valence-electron chi connectivity index (χ1n) is 8.65. The lowest BCUT2D eigenvalue weighted by Gasteiger charge is -2.18. The summed E-state index contributed by atoms with van der Waals surface area (Å²) in [7, 11) is 3.89. The summed E-state index contributed by atoms with van der Waals surface area (Å²) in [6.45, 7) is 0. The number of para-hydroxylation sites is 3. The summed E-state index contributed by atoms with van der Waals surface area (Å²) in [6, 6.07) is 20.7. The summed E-state index contributed by atoms with van der Waals surface area (Å²) < 4.78 is 5.47. The molecule has 0 aliphatic carbocycles. The van der Waals surface area contributed by atoms with E-state index in [4.69, 9.17) is 4.42 Å². The summed E-state index contributed by atoms with van der Waals surface area (Å²) in [4.78, 5) is 19.7. The summed E-state index contributed by atoms with van der Waals surface area (Å²) in [5.41, 5.74) is 3.63. The number of nitrogens with one attached hydrogen (secondary N) is 1. The van der Waals surface area contributed by atoms with Crippen molar-refractivity contribution < 1.29 is 9.21 Å². The Labute approximate surface area is 157 Å². The standard InChI is InChI=1S/C22H19N3O2/c1-25(2)20-11-6-5-10-18(20)24-22(26)16-14-19(21-12-7-13-27-21)23-17-9-4-3-8-15(16)17/h3-14H,1-2H3,(H,24,26). The lowest BCUT2D eigenvalue weighted by Crippen LogP contribution is -2.17. The van der Waals surface area contributed by atoms with Crippen molar-refractivity contribution in [1.29, 1.82) is 0 Å². The lowest BCUT2D eigenvalue weighted by molar-refractivity contribution is 0.102. The fraction of sp³-hybridized carbons (Fsp3) is 0.0909. The number of rotatable bonds is 4. The minimum atomic E-state index is -0.185. The van der Waals surface area contributed by atoms with Crippen molar-refractivity contribution in [3.8, 4) is 11.5 Å². The van der Waals surface area contributed by atoms with Crippen LogP contribution in [0, 0.1) is 0 Å². The van der Waals surface area contributed by atoms with Crippen LogP contribution in [0.4, 0.5) is 11.4 Å². The first-order valence-corrected chi connectivity index (χ1v) is 8.65. The van der Waals surface area contributed by atoms with Crippen molar-refractivity contribution in [2.24, 2.45) is 0 Å². The number of pyridine rings is 1. The minimum absolute atomic E-state index is 0.185. The van der Waals surface area contributed by atoms with Crippen molar-refractivity contribution in [2.75, 3.05) is 24.3 Å². The molecule has 0 atom stereocenters. The number of hydrogen-bond acceptors (Lipinski definition) is 4. The van der Waals surface area contributed by atoms with Gasteiger partial charge in [-0.05, 0) is 36.4 Å². The van der Waals surface area contributed by atoms with Gasteiger partial charge in [-0.1, -0.05) is 30.3 Å². The Morgan fingerprint density at radius 2 is 1.78 bits per heavy atom. The van der Waals surface area contributed by atoms with Crippen LogP contribution in [-0.4, -0.2) is 25.0 Å². The number of fused-ring (bicyclic) bond motifs is 1. The Morgan fingerprint density at radius 3 is 2.56 bits per heavy atom. The highest BCUT2D eigenvalue weighted by Crippen LogP contribution is 2.28. The molecule has 0 saturated carbocycles. The predicted octanol–water partition coefficient (Wildman–Crippen LogP) is 4.81. The largest absolute Gasteiger partial charge is 0.463 e. The fourth-order valence-electron chi connectivity index (χ4n) is 3.07. The third-order valence-corrected chi connectivity index (χ3v) is 4.37. The number of amides is 1. The molecule has 1 N–H and O–H groups in total. The number of carbonyl (C=O) groups excluding carboxylic acids is 1. The summed E-state index contributed by atoms with van der Waals surface area (Å²) in [5, 5.41) is 3.83. The van der Waals surface area contributed by atoms with Gasteiger partial charge in [-0.15, -0.1) is 0 Å². The van der Waals surface area contributed by atoms with E-state index in [1.165, 1.54) is 0 Å². The third kappa shape index (κ3) is 3.27. The Bertz CT molecular complexity index is 1100. The van der Waals surface area contributed by atoms with Gasteiger partial charge in [0.15, 0.2) is 5.76 Å². The van der Waals surface area contributed by atoms with Crippen LogP contribution in [-0.2, 0) is 0 Å². The van der Waals surface area contributed by atoms with Crippen LogP contribution in [0.5, 0.6) is 0 Å².